The summed E-state index contributed by atoms with van der Waals surface area (Å²) < 4.78 is 4.37. The van der Waals surface area contributed by atoms with Crippen molar-refractivity contribution in [3.8, 4) is 5.75 Å². The Bertz CT molecular complexity index is 390. The van der Waals surface area contributed by atoms with E-state index in [-0.39, 0.29) is 5.56 Å². The first-order chi connectivity index (χ1) is 7.56. The molecule has 1 aromatic carbocycles. The molecule has 0 aliphatic heterocycles. The highest BCUT2D eigenvalue weighted by molar-refractivity contribution is 5.90. The van der Waals surface area contributed by atoms with Gasteiger partial charge in [0.1, 0.15) is 0 Å². The third kappa shape index (κ3) is 3.21. The van der Waals surface area contributed by atoms with Gasteiger partial charge in [0.05, 0.1) is 17.6 Å². The lowest BCUT2D eigenvalue weighted by molar-refractivity contribution is -0.385. The molecule has 1 rings (SSSR count). The Morgan fingerprint density at radius 2 is 2.00 bits per heavy atom. The van der Waals surface area contributed by atoms with E-state index in [2.05, 4.69) is 4.74 Å². The van der Waals surface area contributed by atoms with Crippen molar-refractivity contribution in [2.24, 2.45) is 0 Å². The lowest BCUT2D eigenvalue weighted by atomic mass is 10.2. The Balaban J connectivity index is 0.00000106. The third-order valence-electron chi connectivity index (χ3n) is 1.59. The van der Waals surface area contributed by atoms with Crippen LogP contribution in [-0.2, 0) is 4.74 Å². The summed E-state index contributed by atoms with van der Waals surface area (Å²) in [7, 11) is 2.17. The van der Waals surface area contributed by atoms with Crippen molar-refractivity contribution < 1.29 is 24.7 Å². The van der Waals surface area contributed by atoms with E-state index in [0.717, 1.165) is 19.2 Å². The van der Waals surface area contributed by atoms with Crippen molar-refractivity contribution in [2.45, 2.75) is 0 Å². The number of carbonyl (C=O) groups excluding carboxylic acids is 1. The van der Waals surface area contributed by atoms with Crippen LogP contribution >= 0.6 is 0 Å². The zero-order chi connectivity index (χ0) is 12.7. The number of aliphatic hydroxyl groups is 1. The number of hydrogen-bond donors (Lipinski definition) is 2. The summed E-state index contributed by atoms with van der Waals surface area (Å²) in [6.45, 7) is 0. The van der Waals surface area contributed by atoms with Crippen LogP contribution in [0.2, 0.25) is 0 Å². The van der Waals surface area contributed by atoms with E-state index < -0.39 is 22.3 Å². The Labute approximate surface area is 91.0 Å². The largest absolute Gasteiger partial charge is 0.502 e. The molecule has 7 heteroatoms. The van der Waals surface area contributed by atoms with Crippen LogP contribution in [0.1, 0.15) is 10.4 Å². The fourth-order valence-corrected chi connectivity index (χ4v) is 0.914. The Morgan fingerprint density at radius 3 is 2.44 bits per heavy atom. The van der Waals surface area contributed by atoms with E-state index in [1.165, 1.54) is 13.2 Å². The number of nitro benzene ring substituents is 1. The van der Waals surface area contributed by atoms with Gasteiger partial charge in [0.25, 0.3) is 0 Å². The van der Waals surface area contributed by atoms with Crippen LogP contribution in [-0.4, -0.2) is 35.3 Å². The average molecular weight is 229 g/mol. The van der Waals surface area contributed by atoms with Gasteiger partial charge < -0.3 is 14.9 Å². The predicted molar refractivity (Wildman–Crippen MR) is 54.2 cm³/mol. The number of phenols is 1. The first kappa shape index (κ1) is 13.8. The quantitative estimate of drug-likeness (QED) is 0.438. The molecule has 0 atom stereocenters. The molecule has 0 aromatic heterocycles. The van der Waals surface area contributed by atoms with Gasteiger partial charge in [-0.25, -0.2) is 4.79 Å². The van der Waals surface area contributed by atoms with Crippen LogP contribution in [0.3, 0.4) is 0 Å². The standard InChI is InChI=1S/C8H7NO5.CH4O/c1-14-8(11)5-2-3-7(10)6(4-5)9(12)13;1-2/h2-4,10H,1H3;2H,1H3. The van der Waals surface area contributed by atoms with E-state index in [1.54, 1.807) is 0 Å². The lowest BCUT2D eigenvalue weighted by Crippen LogP contribution is -2.01. The summed E-state index contributed by atoms with van der Waals surface area (Å²) in [5.74, 6) is -1.17. The van der Waals surface area contributed by atoms with Crippen LogP contribution in [0.15, 0.2) is 18.2 Å². The van der Waals surface area contributed by atoms with Crippen molar-refractivity contribution in [2.75, 3.05) is 14.2 Å². The lowest BCUT2D eigenvalue weighted by Gasteiger charge is -1.99. The Hall–Kier alpha value is -2.15. The minimum absolute atomic E-state index is 0.0250. The van der Waals surface area contributed by atoms with Crippen molar-refractivity contribution in [3.63, 3.8) is 0 Å². The second-order valence-corrected chi connectivity index (χ2v) is 2.45. The fourth-order valence-electron chi connectivity index (χ4n) is 0.914. The molecule has 7 nitrogen and oxygen atoms in total. The van der Waals surface area contributed by atoms with Gasteiger partial charge >= 0.3 is 11.7 Å². The maximum atomic E-state index is 11.0. The number of nitrogens with zero attached hydrogens (tertiary/aromatic N) is 1. The smallest absolute Gasteiger partial charge is 0.338 e. The molecule has 0 fully saturated rings. The van der Waals surface area contributed by atoms with Gasteiger partial charge in [-0.3, -0.25) is 10.1 Å². The molecule has 0 aliphatic rings. The molecule has 0 radical (unpaired) electrons. The highest BCUT2D eigenvalue weighted by atomic mass is 16.6. The zero-order valence-corrected chi connectivity index (χ0v) is 8.71. The first-order valence-corrected chi connectivity index (χ1v) is 4.06. The molecule has 2 N–H and O–H groups in total. The van der Waals surface area contributed by atoms with Gasteiger partial charge in [0.15, 0.2) is 5.75 Å². The molecule has 0 bridgehead atoms. The van der Waals surface area contributed by atoms with Crippen molar-refractivity contribution in [1.82, 2.24) is 0 Å². The van der Waals surface area contributed by atoms with E-state index in [9.17, 15) is 14.9 Å². The molecule has 0 saturated carbocycles. The number of aliphatic hydroxyl groups excluding tert-OH is 1. The normalized spacial score (nSPS) is 8.69. The van der Waals surface area contributed by atoms with E-state index >= 15 is 0 Å². The van der Waals surface area contributed by atoms with Crippen molar-refractivity contribution >= 4 is 11.7 Å². The second-order valence-electron chi connectivity index (χ2n) is 2.45. The number of benzene rings is 1. The number of nitro groups is 1. The second kappa shape index (κ2) is 6.36. The monoisotopic (exact) mass is 229 g/mol. The summed E-state index contributed by atoms with van der Waals surface area (Å²) >= 11 is 0. The molecular formula is C9H11NO6. The number of rotatable bonds is 2. The Morgan fingerprint density at radius 1 is 1.44 bits per heavy atom. The number of aromatic hydroxyl groups is 1. The van der Waals surface area contributed by atoms with E-state index in [4.69, 9.17) is 10.2 Å². The molecule has 88 valence electrons. The molecule has 0 spiro atoms. The molecule has 0 aliphatic carbocycles. The molecule has 0 amide bonds. The summed E-state index contributed by atoms with van der Waals surface area (Å²) in [5.41, 5.74) is -0.495. The van der Waals surface area contributed by atoms with Crippen LogP contribution < -0.4 is 0 Å². The molecule has 0 saturated heterocycles. The first-order valence-electron chi connectivity index (χ1n) is 4.06. The third-order valence-corrected chi connectivity index (χ3v) is 1.59. The van der Waals surface area contributed by atoms with Crippen LogP contribution in [0.5, 0.6) is 5.75 Å². The number of carbonyl (C=O) groups is 1. The number of hydrogen-bond acceptors (Lipinski definition) is 6. The molecule has 0 heterocycles. The van der Waals surface area contributed by atoms with Gasteiger partial charge in [-0.2, -0.15) is 0 Å². The minimum Gasteiger partial charge on any atom is -0.502 e. The molecule has 1 aromatic rings. The zero-order valence-electron chi connectivity index (χ0n) is 8.71. The van der Waals surface area contributed by atoms with Crippen LogP contribution in [0.25, 0.3) is 0 Å². The molecular weight excluding hydrogens is 218 g/mol. The summed E-state index contributed by atoms with van der Waals surface area (Å²) in [6, 6.07) is 3.28. The van der Waals surface area contributed by atoms with Crippen LogP contribution in [0, 0.1) is 10.1 Å². The van der Waals surface area contributed by atoms with Gasteiger partial charge in [0.2, 0.25) is 0 Å². The summed E-state index contributed by atoms with van der Waals surface area (Å²) in [6.07, 6.45) is 0. The average Bonchev–Trinajstić information content (AvgIpc) is 2.31. The highest BCUT2D eigenvalue weighted by Crippen LogP contribution is 2.26. The highest BCUT2D eigenvalue weighted by Gasteiger charge is 2.16. The van der Waals surface area contributed by atoms with Crippen molar-refractivity contribution in [3.05, 3.63) is 33.9 Å². The number of phenolic OH excluding ortho intramolecular Hbond substituents is 1. The number of esters is 1. The predicted octanol–water partition coefficient (Wildman–Crippen LogP) is 0.695. The minimum atomic E-state index is -0.776. The van der Waals surface area contributed by atoms with Gasteiger partial charge in [-0.15, -0.1) is 0 Å². The van der Waals surface area contributed by atoms with Gasteiger partial charge in [0, 0.05) is 13.2 Å². The molecule has 0 unspecified atom stereocenters. The molecule has 16 heavy (non-hydrogen) atoms. The van der Waals surface area contributed by atoms with E-state index in [0.29, 0.717) is 0 Å². The SMILES string of the molecule is CO.COC(=O)c1ccc(O)c([N+](=O)[O-])c1. The topological polar surface area (TPSA) is 110 Å². The van der Waals surface area contributed by atoms with Crippen LogP contribution in [0.4, 0.5) is 5.69 Å². The fraction of sp³-hybridized carbons (Fsp3) is 0.222. The maximum Gasteiger partial charge on any atom is 0.338 e. The Kier molecular flexibility index (Phi) is 5.50. The summed E-state index contributed by atoms with van der Waals surface area (Å²) in [5, 5.41) is 26.4. The van der Waals surface area contributed by atoms with Gasteiger partial charge in [-0.05, 0) is 12.1 Å². The van der Waals surface area contributed by atoms with Gasteiger partial charge in [-0.1, -0.05) is 0 Å². The number of ether oxygens (including phenoxy) is 1. The van der Waals surface area contributed by atoms with Crippen molar-refractivity contribution in [1.29, 1.82) is 0 Å². The maximum absolute atomic E-state index is 11.0. The number of methoxy groups -OCH3 is 1. The van der Waals surface area contributed by atoms with E-state index in [1.807, 2.05) is 0 Å². The summed E-state index contributed by atoms with van der Waals surface area (Å²) in [4.78, 5) is 20.6.